The third kappa shape index (κ3) is 3.47. The quantitative estimate of drug-likeness (QED) is 0.810. The largest absolute Gasteiger partial charge is 0.342 e. The maximum Gasteiger partial charge on any atom is 0.227 e. The highest BCUT2D eigenvalue weighted by Crippen LogP contribution is 2.22. The van der Waals surface area contributed by atoms with Crippen LogP contribution >= 0.6 is 0 Å². The average molecular weight is 267 g/mol. The summed E-state index contributed by atoms with van der Waals surface area (Å²) in [6.45, 7) is 5.02. The molecule has 0 aromatic carbocycles. The number of carbonyl (C=O) groups is 2. The minimum absolute atomic E-state index is 0.126. The Morgan fingerprint density at radius 2 is 2.05 bits per heavy atom. The summed E-state index contributed by atoms with van der Waals surface area (Å²) in [4.78, 5) is 28.0. The number of nitrogens with two attached hydrogens (primary N) is 1. The van der Waals surface area contributed by atoms with E-state index < -0.39 is 0 Å². The summed E-state index contributed by atoms with van der Waals surface area (Å²) >= 11 is 0. The smallest absolute Gasteiger partial charge is 0.227 e. The number of hydrogen-bond donors (Lipinski definition) is 1. The highest BCUT2D eigenvalue weighted by molar-refractivity contribution is 5.89. The van der Waals surface area contributed by atoms with E-state index >= 15 is 0 Å². The van der Waals surface area contributed by atoms with Gasteiger partial charge in [0.2, 0.25) is 11.8 Å². The van der Waals surface area contributed by atoms with Crippen LogP contribution in [0.5, 0.6) is 0 Å². The molecule has 0 spiro atoms. The molecule has 0 aliphatic carbocycles. The molecule has 2 heterocycles. The molecule has 0 aromatic heterocycles. The Bertz CT molecular complexity index is 338. The first kappa shape index (κ1) is 14.3. The van der Waals surface area contributed by atoms with Crippen molar-refractivity contribution >= 4 is 11.8 Å². The molecule has 0 bridgehead atoms. The minimum Gasteiger partial charge on any atom is -0.342 e. The third-order valence-corrected chi connectivity index (χ3v) is 4.20. The number of hydrogen-bond acceptors (Lipinski definition) is 3. The number of carbonyl (C=O) groups excluding carboxylic acids is 2. The van der Waals surface area contributed by atoms with E-state index in [1.807, 2.05) is 9.80 Å². The van der Waals surface area contributed by atoms with Gasteiger partial charge in [0.1, 0.15) is 0 Å². The first-order chi connectivity index (χ1) is 9.11. The molecular weight excluding hydrogens is 242 g/mol. The fourth-order valence-corrected chi connectivity index (χ4v) is 2.88. The van der Waals surface area contributed by atoms with Crippen LogP contribution in [0, 0.1) is 5.92 Å². The van der Waals surface area contributed by atoms with Gasteiger partial charge in [-0.1, -0.05) is 13.3 Å². The summed E-state index contributed by atoms with van der Waals surface area (Å²) < 4.78 is 0. The molecule has 1 unspecified atom stereocenters. The summed E-state index contributed by atoms with van der Waals surface area (Å²) in [5, 5.41) is 0. The Balaban J connectivity index is 1.85. The van der Waals surface area contributed by atoms with E-state index in [-0.39, 0.29) is 23.8 Å². The molecule has 2 fully saturated rings. The Morgan fingerprint density at radius 3 is 2.68 bits per heavy atom. The Morgan fingerprint density at radius 1 is 1.37 bits per heavy atom. The third-order valence-electron chi connectivity index (χ3n) is 4.20. The van der Waals surface area contributed by atoms with E-state index in [4.69, 9.17) is 5.73 Å². The van der Waals surface area contributed by atoms with Crippen LogP contribution in [-0.2, 0) is 9.59 Å². The summed E-state index contributed by atoms with van der Waals surface area (Å²) in [6.07, 6.45) is 4.25. The zero-order valence-corrected chi connectivity index (χ0v) is 11.8. The van der Waals surface area contributed by atoms with E-state index in [0.717, 1.165) is 45.3 Å². The molecule has 2 saturated heterocycles. The van der Waals surface area contributed by atoms with Crippen molar-refractivity contribution in [1.82, 2.24) is 9.80 Å². The molecule has 5 heteroatoms. The number of amides is 2. The van der Waals surface area contributed by atoms with Crippen LogP contribution in [0.25, 0.3) is 0 Å². The van der Waals surface area contributed by atoms with Crippen LogP contribution in [0.15, 0.2) is 0 Å². The molecule has 0 saturated carbocycles. The molecule has 108 valence electrons. The Hall–Kier alpha value is -1.10. The maximum atomic E-state index is 12.4. The van der Waals surface area contributed by atoms with Gasteiger partial charge in [0, 0.05) is 38.6 Å². The second kappa shape index (κ2) is 6.37. The van der Waals surface area contributed by atoms with Crippen molar-refractivity contribution in [3.63, 3.8) is 0 Å². The highest BCUT2D eigenvalue weighted by atomic mass is 16.2. The molecule has 2 N–H and O–H groups in total. The van der Waals surface area contributed by atoms with Crippen LogP contribution in [0.3, 0.4) is 0 Å². The zero-order valence-electron chi connectivity index (χ0n) is 11.8. The molecule has 0 radical (unpaired) electrons. The van der Waals surface area contributed by atoms with Crippen molar-refractivity contribution in [3.05, 3.63) is 0 Å². The van der Waals surface area contributed by atoms with Crippen molar-refractivity contribution < 1.29 is 9.59 Å². The summed E-state index contributed by atoms with van der Waals surface area (Å²) in [7, 11) is 0. The summed E-state index contributed by atoms with van der Waals surface area (Å²) in [5.74, 6) is 0.165. The molecule has 5 nitrogen and oxygen atoms in total. The van der Waals surface area contributed by atoms with Crippen molar-refractivity contribution in [2.75, 3.05) is 26.2 Å². The van der Waals surface area contributed by atoms with Crippen LogP contribution in [0.1, 0.15) is 39.0 Å². The predicted octanol–water partition coefficient (Wildman–Crippen LogP) is 0.585. The lowest BCUT2D eigenvalue weighted by atomic mass is 10.0. The van der Waals surface area contributed by atoms with Crippen LogP contribution in [0.2, 0.25) is 0 Å². The van der Waals surface area contributed by atoms with E-state index in [9.17, 15) is 9.59 Å². The van der Waals surface area contributed by atoms with Gasteiger partial charge in [0.05, 0.1) is 5.92 Å². The lowest BCUT2D eigenvalue weighted by Crippen LogP contribution is -2.45. The van der Waals surface area contributed by atoms with Crippen molar-refractivity contribution in [1.29, 1.82) is 0 Å². The zero-order chi connectivity index (χ0) is 13.8. The first-order valence-corrected chi connectivity index (χ1v) is 7.44. The lowest BCUT2D eigenvalue weighted by Gasteiger charge is -2.31. The average Bonchev–Trinajstić information content (AvgIpc) is 2.78. The van der Waals surface area contributed by atoms with Gasteiger partial charge in [0.25, 0.3) is 0 Å². The Labute approximate surface area is 115 Å². The monoisotopic (exact) mass is 267 g/mol. The van der Waals surface area contributed by atoms with Gasteiger partial charge >= 0.3 is 0 Å². The van der Waals surface area contributed by atoms with Gasteiger partial charge in [-0.25, -0.2) is 0 Å². The van der Waals surface area contributed by atoms with Gasteiger partial charge in [-0.05, 0) is 19.3 Å². The van der Waals surface area contributed by atoms with Gasteiger partial charge in [-0.3, -0.25) is 9.59 Å². The molecule has 2 aliphatic heterocycles. The van der Waals surface area contributed by atoms with E-state index in [2.05, 4.69) is 6.92 Å². The van der Waals surface area contributed by atoms with Crippen LogP contribution in [-0.4, -0.2) is 53.8 Å². The van der Waals surface area contributed by atoms with E-state index in [1.54, 1.807) is 0 Å². The predicted molar refractivity (Wildman–Crippen MR) is 73.4 cm³/mol. The summed E-state index contributed by atoms with van der Waals surface area (Å²) in [5.41, 5.74) is 5.85. The van der Waals surface area contributed by atoms with Gasteiger partial charge < -0.3 is 15.5 Å². The first-order valence-electron chi connectivity index (χ1n) is 7.44. The number of unbranched alkanes of at least 4 members (excludes halogenated alkanes) is 1. The SMILES string of the molecule is CCCCN1CC(C(=O)N2CCC(N)CC2)CC1=O. The number of piperidine rings is 1. The fourth-order valence-electron chi connectivity index (χ4n) is 2.88. The fraction of sp³-hybridized carbons (Fsp3) is 0.857. The normalized spacial score (nSPS) is 25.2. The maximum absolute atomic E-state index is 12.4. The van der Waals surface area contributed by atoms with Crippen molar-refractivity contribution in [3.8, 4) is 0 Å². The number of likely N-dealkylation sites (tertiary alicyclic amines) is 2. The van der Waals surface area contributed by atoms with Gasteiger partial charge in [0.15, 0.2) is 0 Å². The highest BCUT2D eigenvalue weighted by Gasteiger charge is 2.36. The lowest BCUT2D eigenvalue weighted by molar-refractivity contribution is -0.136. The van der Waals surface area contributed by atoms with Gasteiger partial charge in [-0.15, -0.1) is 0 Å². The Kier molecular flexibility index (Phi) is 4.80. The molecule has 1 atom stereocenters. The topological polar surface area (TPSA) is 66.6 Å². The van der Waals surface area contributed by atoms with E-state index in [0.29, 0.717) is 13.0 Å². The molecule has 2 aliphatic rings. The van der Waals surface area contributed by atoms with Crippen LogP contribution < -0.4 is 5.73 Å². The second-order valence-electron chi connectivity index (χ2n) is 5.76. The van der Waals surface area contributed by atoms with Crippen molar-refractivity contribution in [2.45, 2.75) is 45.1 Å². The summed E-state index contributed by atoms with van der Waals surface area (Å²) in [6, 6.07) is 0.232. The second-order valence-corrected chi connectivity index (χ2v) is 5.76. The van der Waals surface area contributed by atoms with E-state index in [1.165, 1.54) is 0 Å². The molecular formula is C14H25N3O2. The molecule has 0 aromatic rings. The molecule has 19 heavy (non-hydrogen) atoms. The number of rotatable bonds is 4. The molecule has 2 rings (SSSR count). The minimum atomic E-state index is -0.126. The molecule has 2 amide bonds. The standard InChI is InChI=1S/C14H25N3O2/c1-2-3-6-17-10-11(9-13(17)18)14(19)16-7-4-12(15)5-8-16/h11-12H,2-10,15H2,1H3. The number of nitrogens with zero attached hydrogens (tertiary/aromatic N) is 2. The van der Waals surface area contributed by atoms with Gasteiger partial charge in [-0.2, -0.15) is 0 Å². The van der Waals surface area contributed by atoms with Crippen molar-refractivity contribution in [2.24, 2.45) is 11.7 Å². The van der Waals surface area contributed by atoms with Crippen LogP contribution in [0.4, 0.5) is 0 Å².